The van der Waals surface area contributed by atoms with Crippen molar-refractivity contribution in [3.8, 4) is 0 Å². The highest BCUT2D eigenvalue weighted by Crippen LogP contribution is 2.38. The summed E-state index contributed by atoms with van der Waals surface area (Å²) in [4.78, 5) is 0. The number of fused-ring (bicyclic) bond motifs is 1. The monoisotopic (exact) mass is 177 g/mol. The molecular formula is C11H15NO. The normalized spacial score (nSPS) is 26.0. The Morgan fingerprint density at radius 1 is 1.46 bits per heavy atom. The van der Waals surface area contributed by atoms with E-state index in [-0.39, 0.29) is 5.60 Å². The maximum Gasteiger partial charge on any atom is 0.0923 e. The van der Waals surface area contributed by atoms with Gasteiger partial charge in [-0.05, 0) is 31.0 Å². The van der Waals surface area contributed by atoms with Crippen molar-refractivity contribution in [2.45, 2.75) is 25.6 Å². The van der Waals surface area contributed by atoms with E-state index in [1.54, 1.807) is 0 Å². The number of ether oxygens (including phenoxy) is 1. The lowest BCUT2D eigenvalue weighted by molar-refractivity contribution is -0.0276. The van der Waals surface area contributed by atoms with Gasteiger partial charge < -0.3 is 10.5 Å². The average Bonchev–Trinajstić information content (AvgIpc) is 2.46. The minimum atomic E-state index is -0.147. The first-order valence-electron chi connectivity index (χ1n) is 4.69. The van der Waals surface area contributed by atoms with Crippen molar-refractivity contribution in [2.24, 2.45) is 5.73 Å². The molecule has 1 atom stereocenters. The van der Waals surface area contributed by atoms with Crippen LogP contribution in [0.4, 0.5) is 0 Å². The lowest BCUT2D eigenvalue weighted by Crippen LogP contribution is -2.24. The Balaban J connectivity index is 2.37. The van der Waals surface area contributed by atoms with Crippen molar-refractivity contribution in [2.75, 3.05) is 6.54 Å². The van der Waals surface area contributed by atoms with Gasteiger partial charge in [-0.1, -0.05) is 24.3 Å². The third-order valence-electron chi connectivity index (χ3n) is 2.75. The van der Waals surface area contributed by atoms with Crippen molar-refractivity contribution in [1.82, 2.24) is 0 Å². The van der Waals surface area contributed by atoms with Crippen LogP contribution in [-0.4, -0.2) is 6.54 Å². The van der Waals surface area contributed by atoms with Crippen LogP contribution in [0.5, 0.6) is 0 Å². The third kappa shape index (κ3) is 1.36. The Morgan fingerprint density at radius 3 is 3.00 bits per heavy atom. The lowest BCUT2D eigenvalue weighted by Gasteiger charge is -2.23. The first-order valence-corrected chi connectivity index (χ1v) is 4.69. The van der Waals surface area contributed by atoms with Gasteiger partial charge in [0.15, 0.2) is 0 Å². The SMILES string of the molecule is CC1(CCN)OCc2ccccc21. The minimum Gasteiger partial charge on any atom is -0.366 e. The van der Waals surface area contributed by atoms with Gasteiger partial charge in [-0.15, -0.1) is 0 Å². The van der Waals surface area contributed by atoms with Crippen molar-refractivity contribution in [1.29, 1.82) is 0 Å². The van der Waals surface area contributed by atoms with Crippen LogP contribution in [0.25, 0.3) is 0 Å². The summed E-state index contributed by atoms with van der Waals surface area (Å²) in [5.74, 6) is 0. The maximum atomic E-state index is 5.77. The molecule has 1 aliphatic heterocycles. The zero-order valence-electron chi connectivity index (χ0n) is 7.92. The lowest BCUT2D eigenvalue weighted by atomic mass is 9.91. The Labute approximate surface area is 78.7 Å². The van der Waals surface area contributed by atoms with E-state index in [4.69, 9.17) is 10.5 Å². The first kappa shape index (κ1) is 8.73. The van der Waals surface area contributed by atoms with Crippen LogP contribution >= 0.6 is 0 Å². The molecule has 2 nitrogen and oxygen atoms in total. The second kappa shape index (κ2) is 3.13. The summed E-state index contributed by atoms with van der Waals surface area (Å²) in [6, 6.07) is 8.37. The number of rotatable bonds is 2. The highest BCUT2D eigenvalue weighted by atomic mass is 16.5. The highest BCUT2D eigenvalue weighted by Gasteiger charge is 2.33. The summed E-state index contributed by atoms with van der Waals surface area (Å²) >= 11 is 0. The fraction of sp³-hybridized carbons (Fsp3) is 0.455. The van der Waals surface area contributed by atoms with E-state index in [9.17, 15) is 0 Å². The molecule has 0 aromatic heterocycles. The predicted molar refractivity (Wildman–Crippen MR) is 52.3 cm³/mol. The number of nitrogens with two attached hydrogens (primary N) is 1. The summed E-state index contributed by atoms with van der Waals surface area (Å²) < 4.78 is 5.77. The highest BCUT2D eigenvalue weighted by molar-refractivity contribution is 5.34. The molecule has 1 unspecified atom stereocenters. The number of benzene rings is 1. The van der Waals surface area contributed by atoms with E-state index in [1.807, 2.05) is 0 Å². The van der Waals surface area contributed by atoms with Crippen molar-refractivity contribution in [3.63, 3.8) is 0 Å². The van der Waals surface area contributed by atoms with Crippen molar-refractivity contribution < 1.29 is 4.74 Å². The molecule has 70 valence electrons. The van der Waals surface area contributed by atoms with Gasteiger partial charge >= 0.3 is 0 Å². The van der Waals surface area contributed by atoms with Crippen molar-refractivity contribution >= 4 is 0 Å². The number of hydrogen-bond donors (Lipinski definition) is 1. The second-order valence-corrected chi connectivity index (χ2v) is 3.72. The van der Waals surface area contributed by atoms with Crippen LogP contribution in [-0.2, 0) is 16.9 Å². The zero-order chi connectivity index (χ0) is 9.31. The molecular weight excluding hydrogens is 162 g/mol. The zero-order valence-corrected chi connectivity index (χ0v) is 7.92. The largest absolute Gasteiger partial charge is 0.366 e. The fourth-order valence-corrected chi connectivity index (χ4v) is 1.96. The molecule has 0 saturated carbocycles. The van der Waals surface area contributed by atoms with Crippen molar-refractivity contribution in [3.05, 3.63) is 35.4 Å². The Bertz CT molecular complexity index is 307. The van der Waals surface area contributed by atoms with E-state index in [1.165, 1.54) is 11.1 Å². The fourth-order valence-electron chi connectivity index (χ4n) is 1.96. The Kier molecular flexibility index (Phi) is 2.10. The van der Waals surface area contributed by atoms with Gasteiger partial charge in [0.2, 0.25) is 0 Å². The molecule has 1 aromatic rings. The third-order valence-corrected chi connectivity index (χ3v) is 2.75. The Hall–Kier alpha value is -0.860. The smallest absolute Gasteiger partial charge is 0.0923 e. The predicted octanol–water partition coefficient (Wildman–Crippen LogP) is 1.78. The summed E-state index contributed by atoms with van der Waals surface area (Å²) in [5.41, 5.74) is 8.03. The molecule has 2 rings (SSSR count). The van der Waals surface area contributed by atoms with Gasteiger partial charge in [-0.2, -0.15) is 0 Å². The topological polar surface area (TPSA) is 35.2 Å². The van der Waals surface area contributed by atoms with E-state index in [0.717, 1.165) is 13.0 Å². The molecule has 0 radical (unpaired) electrons. The standard InChI is InChI=1S/C11H15NO/c1-11(6-7-12)10-5-3-2-4-9(10)8-13-11/h2-5H,6-8,12H2,1H3. The molecule has 1 heterocycles. The van der Waals surface area contributed by atoms with Crippen LogP contribution in [0.3, 0.4) is 0 Å². The first-order chi connectivity index (χ1) is 6.26. The maximum absolute atomic E-state index is 5.77. The summed E-state index contributed by atoms with van der Waals surface area (Å²) in [6.07, 6.45) is 0.893. The van der Waals surface area contributed by atoms with Crippen LogP contribution in [0.1, 0.15) is 24.5 Å². The molecule has 0 amide bonds. The molecule has 1 aliphatic rings. The Morgan fingerprint density at radius 2 is 2.23 bits per heavy atom. The molecule has 2 N–H and O–H groups in total. The molecule has 0 saturated heterocycles. The molecule has 0 bridgehead atoms. The van der Waals surface area contributed by atoms with Gasteiger partial charge in [0.25, 0.3) is 0 Å². The molecule has 1 aromatic carbocycles. The van der Waals surface area contributed by atoms with Crippen LogP contribution < -0.4 is 5.73 Å². The van der Waals surface area contributed by atoms with Gasteiger partial charge in [0.1, 0.15) is 0 Å². The molecule has 0 aliphatic carbocycles. The summed E-state index contributed by atoms with van der Waals surface area (Å²) in [6.45, 7) is 3.52. The minimum absolute atomic E-state index is 0.147. The van der Waals surface area contributed by atoms with Crippen LogP contribution in [0.15, 0.2) is 24.3 Å². The van der Waals surface area contributed by atoms with Crippen LogP contribution in [0.2, 0.25) is 0 Å². The van der Waals surface area contributed by atoms with Crippen LogP contribution in [0, 0.1) is 0 Å². The average molecular weight is 177 g/mol. The molecule has 0 spiro atoms. The van der Waals surface area contributed by atoms with Gasteiger partial charge in [-0.25, -0.2) is 0 Å². The summed E-state index contributed by atoms with van der Waals surface area (Å²) in [7, 11) is 0. The van der Waals surface area contributed by atoms with E-state index >= 15 is 0 Å². The molecule has 2 heteroatoms. The van der Waals surface area contributed by atoms with Gasteiger partial charge in [-0.3, -0.25) is 0 Å². The molecule has 0 fully saturated rings. The summed E-state index contributed by atoms with van der Waals surface area (Å²) in [5, 5.41) is 0. The van der Waals surface area contributed by atoms with Gasteiger partial charge in [0, 0.05) is 0 Å². The van der Waals surface area contributed by atoms with Gasteiger partial charge in [0.05, 0.1) is 12.2 Å². The molecule has 13 heavy (non-hydrogen) atoms. The van der Waals surface area contributed by atoms with E-state index < -0.39 is 0 Å². The number of hydrogen-bond acceptors (Lipinski definition) is 2. The van der Waals surface area contributed by atoms with E-state index in [2.05, 4.69) is 31.2 Å². The van der Waals surface area contributed by atoms with E-state index in [0.29, 0.717) is 6.54 Å². The second-order valence-electron chi connectivity index (χ2n) is 3.72. The quantitative estimate of drug-likeness (QED) is 0.747.